The molecule has 20 heavy (non-hydrogen) atoms. The molecule has 4 nitrogen and oxygen atoms in total. The molecule has 1 fully saturated rings. The zero-order valence-electron chi connectivity index (χ0n) is 11.6. The van der Waals surface area contributed by atoms with E-state index >= 15 is 0 Å². The maximum Gasteiger partial charge on any atom is 0.273 e. The highest BCUT2D eigenvalue weighted by Gasteiger charge is 2.21. The number of ether oxygens (including phenoxy) is 1. The van der Waals surface area contributed by atoms with Crippen molar-refractivity contribution in [2.45, 2.75) is 26.3 Å². The fraction of sp³-hybridized carbons (Fsp3) is 0.571. The lowest BCUT2D eigenvalue weighted by molar-refractivity contribution is 0.124. The van der Waals surface area contributed by atoms with Gasteiger partial charge in [0.15, 0.2) is 0 Å². The lowest BCUT2D eigenvalue weighted by Gasteiger charge is -2.31. The molecular weight excluding hydrogens is 290 g/mol. The summed E-state index contributed by atoms with van der Waals surface area (Å²) in [4.78, 5) is 11.2. The Hall–Kier alpha value is -0.980. The second kappa shape index (κ2) is 6.65. The van der Waals surface area contributed by atoms with Gasteiger partial charge in [0.2, 0.25) is 0 Å². The molecule has 3 heterocycles. The zero-order chi connectivity index (χ0) is 13.8. The molecule has 0 bridgehead atoms. The third-order valence-corrected chi connectivity index (χ3v) is 5.01. The maximum absolute atomic E-state index is 5.76. The van der Waals surface area contributed by atoms with Crippen molar-refractivity contribution in [3.8, 4) is 5.19 Å². The first kappa shape index (κ1) is 14.0. The van der Waals surface area contributed by atoms with E-state index in [0.717, 1.165) is 29.9 Å². The highest BCUT2D eigenvalue weighted by molar-refractivity contribution is 7.11. The van der Waals surface area contributed by atoms with E-state index < -0.39 is 0 Å². The predicted octanol–water partition coefficient (Wildman–Crippen LogP) is 3.20. The number of hydrogen-bond donors (Lipinski definition) is 0. The number of thiazole rings is 2. The molecule has 0 spiro atoms. The van der Waals surface area contributed by atoms with Gasteiger partial charge < -0.3 is 4.74 Å². The van der Waals surface area contributed by atoms with Gasteiger partial charge in [0, 0.05) is 36.0 Å². The number of likely N-dealkylation sites (tertiary alicyclic amines) is 1. The number of rotatable bonds is 5. The van der Waals surface area contributed by atoms with Gasteiger partial charge in [-0.05, 0) is 26.3 Å². The number of aryl methyl sites for hydroxylation is 1. The fourth-order valence-corrected chi connectivity index (χ4v) is 3.71. The van der Waals surface area contributed by atoms with Gasteiger partial charge >= 0.3 is 0 Å². The van der Waals surface area contributed by atoms with Crippen LogP contribution in [0.4, 0.5) is 0 Å². The molecular formula is C14H19N3OS2. The van der Waals surface area contributed by atoms with Crippen LogP contribution in [0.5, 0.6) is 5.19 Å². The largest absolute Gasteiger partial charge is 0.470 e. The summed E-state index contributed by atoms with van der Waals surface area (Å²) in [6.07, 6.45) is 4.28. The third kappa shape index (κ3) is 3.77. The van der Waals surface area contributed by atoms with E-state index in [4.69, 9.17) is 4.74 Å². The van der Waals surface area contributed by atoms with Gasteiger partial charge in [-0.25, -0.2) is 9.97 Å². The van der Waals surface area contributed by atoms with Crippen LogP contribution in [-0.2, 0) is 6.54 Å². The Balaban J connectivity index is 1.48. The SMILES string of the molecule is Cc1nc(CN2CCCC(COc3nccs3)C2)cs1. The number of nitrogens with zero attached hydrogens (tertiary/aromatic N) is 3. The summed E-state index contributed by atoms with van der Waals surface area (Å²) in [6, 6.07) is 0. The lowest BCUT2D eigenvalue weighted by atomic mass is 9.99. The molecule has 2 aromatic heterocycles. The van der Waals surface area contributed by atoms with Crippen molar-refractivity contribution in [2.75, 3.05) is 19.7 Å². The van der Waals surface area contributed by atoms with Crippen molar-refractivity contribution >= 4 is 22.7 Å². The molecule has 0 aromatic carbocycles. The Bertz CT molecular complexity index is 526. The summed E-state index contributed by atoms with van der Waals surface area (Å²) in [5.41, 5.74) is 1.20. The molecule has 0 amide bonds. The molecule has 1 aliphatic heterocycles. The molecule has 1 saturated heterocycles. The van der Waals surface area contributed by atoms with Gasteiger partial charge in [-0.15, -0.1) is 11.3 Å². The van der Waals surface area contributed by atoms with Crippen molar-refractivity contribution in [1.29, 1.82) is 0 Å². The second-order valence-electron chi connectivity index (χ2n) is 5.21. The Morgan fingerprint density at radius 2 is 2.40 bits per heavy atom. The topological polar surface area (TPSA) is 38.2 Å². The number of piperidine rings is 1. The normalized spacial score (nSPS) is 20.1. The van der Waals surface area contributed by atoms with E-state index in [2.05, 4.69) is 27.2 Å². The van der Waals surface area contributed by atoms with Gasteiger partial charge in [0.1, 0.15) is 0 Å². The molecule has 0 aliphatic carbocycles. The summed E-state index contributed by atoms with van der Waals surface area (Å²) < 4.78 is 5.76. The highest BCUT2D eigenvalue weighted by atomic mass is 32.1. The average Bonchev–Trinajstić information content (AvgIpc) is 3.09. The van der Waals surface area contributed by atoms with Gasteiger partial charge in [-0.2, -0.15) is 0 Å². The summed E-state index contributed by atoms with van der Waals surface area (Å²) in [6.45, 7) is 6.08. The van der Waals surface area contributed by atoms with Crippen molar-refractivity contribution in [1.82, 2.24) is 14.9 Å². The van der Waals surface area contributed by atoms with Gasteiger partial charge in [-0.3, -0.25) is 4.90 Å². The molecule has 2 aromatic rings. The minimum atomic E-state index is 0.604. The van der Waals surface area contributed by atoms with Gasteiger partial charge in [-0.1, -0.05) is 11.3 Å². The molecule has 0 radical (unpaired) electrons. The first-order valence-electron chi connectivity index (χ1n) is 6.95. The smallest absolute Gasteiger partial charge is 0.273 e. The Kier molecular flexibility index (Phi) is 4.65. The number of hydrogen-bond acceptors (Lipinski definition) is 6. The molecule has 3 rings (SSSR count). The van der Waals surface area contributed by atoms with E-state index in [1.165, 1.54) is 25.1 Å². The quantitative estimate of drug-likeness (QED) is 0.850. The molecule has 1 aliphatic rings. The van der Waals surface area contributed by atoms with Crippen molar-refractivity contribution < 1.29 is 4.74 Å². The summed E-state index contributed by atoms with van der Waals surface area (Å²) in [7, 11) is 0. The monoisotopic (exact) mass is 309 g/mol. The van der Waals surface area contributed by atoms with Crippen molar-refractivity contribution in [3.63, 3.8) is 0 Å². The van der Waals surface area contributed by atoms with Gasteiger partial charge in [0.25, 0.3) is 5.19 Å². The number of aromatic nitrogens is 2. The zero-order valence-corrected chi connectivity index (χ0v) is 13.3. The van der Waals surface area contributed by atoms with Crippen LogP contribution < -0.4 is 4.74 Å². The van der Waals surface area contributed by atoms with E-state index in [1.54, 1.807) is 28.9 Å². The first-order valence-corrected chi connectivity index (χ1v) is 8.71. The molecule has 1 unspecified atom stereocenters. The average molecular weight is 309 g/mol. The third-order valence-electron chi connectivity index (χ3n) is 3.51. The Morgan fingerprint density at radius 3 is 3.15 bits per heavy atom. The Morgan fingerprint density at radius 1 is 1.45 bits per heavy atom. The molecule has 1 atom stereocenters. The first-order chi connectivity index (χ1) is 9.79. The summed E-state index contributed by atoms with van der Waals surface area (Å²) in [5.74, 6) is 0.604. The van der Waals surface area contributed by atoms with Crippen LogP contribution in [0.1, 0.15) is 23.5 Å². The highest BCUT2D eigenvalue weighted by Crippen LogP contribution is 2.21. The van der Waals surface area contributed by atoms with E-state index in [1.807, 2.05) is 5.38 Å². The molecule has 0 N–H and O–H groups in total. The van der Waals surface area contributed by atoms with Gasteiger partial charge in [0.05, 0.1) is 17.3 Å². The van der Waals surface area contributed by atoms with Crippen LogP contribution in [0.25, 0.3) is 0 Å². The Labute approximate surface area is 127 Å². The molecule has 0 saturated carbocycles. The molecule has 6 heteroatoms. The van der Waals surface area contributed by atoms with E-state index in [0.29, 0.717) is 5.92 Å². The fourth-order valence-electron chi connectivity index (χ4n) is 2.61. The maximum atomic E-state index is 5.76. The summed E-state index contributed by atoms with van der Waals surface area (Å²) in [5, 5.41) is 6.07. The minimum Gasteiger partial charge on any atom is -0.470 e. The van der Waals surface area contributed by atoms with Crippen molar-refractivity contribution in [2.24, 2.45) is 5.92 Å². The van der Waals surface area contributed by atoms with Crippen LogP contribution in [0.15, 0.2) is 17.0 Å². The van der Waals surface area contributed by atoms with Crippen LogP contribution in [0.3, 0.4) is 0 Å². The van der Waals surface area contributed by atoms with E-state index in [-0.39, 0.29) is 0 Å². The van der Waals surface area contributed by atoms with E-state index in [9.17, 15) is 0 Å². The molecule has 108 valence electrons. The van der Waals surface area contributed by atoms with Crippen LogP contribution in [0, 0.1) is 12.8 Å². The van der Waals surface area contributed by atoms with Crippen LogP contribution >= 0.6 is 22.7 Å². The predicted molar refractivity (Wildman–Crippen MR) is 82.5 cm³/mol. The second-order valence-corrected chi connectivity index (χ2v) is 7.13. The van der Waals surface area contributed by atoms with Crippen LogP contribution in [-0.4, -0.2) is 34.6 Å². The standard InChI is InChI=1S/C14H19N3OS2/c1-11-16-13(10-20-11)8-17-5-2-3-12(7-17)9-18-14-15-4-6-19-14/h4,6,10,12H,2-3,5,7-9H2,1H3. The van der Waals surface area contributed by atoms with Crippen LogP contribution in [0.2, 0.25) is 0 Å². The van der Waals surface area contributed by atoms with Crippen molar-refractivity contribution in [3.05, 3.63) is 27.7 Å². The minimum absolute atomic E-state index is 0.604. The lowest BCUT2D eigenvalue weighted by Crippen LogP contribution is -2.37. The summed E-state index contributed by atoms with van der Waals surface area (Å²) >= 11 is 3.30.